The third kappa shape index (κ3) is 2.29. The van der Waals surface area contributed by atoms with Gasteiger partial charge in [0.15, 0.2) is 0 Å². The van der Waals surface area contributed by atoms with Gasteiger partial charge in [-0.2, -0.15) is 0 Å². The second-order valence-corrected chi connectivity index (χ2v) is 5.85. The maximum Gasteiger partial charge on any atom is 0.117 e. The van der Waals surface area contributed by atoms with Crippen LogP contribution in [-0.4, -0.2) is 5.11 Å². The van der Waals surface area contributed by atoms with E-state index in [1.807, 2.05) is 36.4 Å². The monoisotopic (exact) mass is 272 g/mol. The van der Waals surface area contributed by atoms with E-state index in [0.717, 1.165) is 24.0 Å². The zero-order valence-electron chi connectivity index (χ0n) is 10.9. The first-order valence-electron chi connectivity index (χ1n) is 6.66. The molecule has 0 radical (unpaired) electrons. The van der Waals surface area contributed by atoms with Gasteiger partial charge in [-0.1, -0.05) is 53.6 Å². The van der Waals surface area contributed by atoms with Gasteiger partial charge in [0, 0.05) is 5.02 Å². The van der Waals surface area contributed by atoms with Gasteiger partial charge in [-0.25, -0.2) is 0 Å². The molecule has 0 heterocycles. The summed E-state index contributed by atoms with van der Waals surface area (Å²) in [4.78, 5) is 0. The van der Waals surface area contributed by atoms with Crippen molar-refractivity contribution in [2.24, 2.45) is 5.92 Å². The van der Waals surface area contributed by atoms with Crippen LogP contribution in [0.25, 0.3) is 0 Å². The Kier molecular flexibility index (Phi) is 3.12. The Labute approximate surface area is 118 Å². The van der Waals surface area contributed by atoms with Crippen LogP contribution in [0.4, 0.5) is 0 Å². The van der Waals surface area contributed by atoms with Crippen LogP contribution >= 0.6 is 11.6 Å². The molecule has 19 heavy (non-hydrogen) atoms. The molecular formula is C17H17ClO. The van der Waals surface area contributed by atoms with Crippen LogP contribution in [0.3, 0.4) is 0 Å². The quantitative estimate of drug-likeness (QED) is 0.883. The summed E-state index contributed by atoms with van der Waals surface area (Å²) in [5, 5.41) is 11.9. The maximum absolute atomic E-state index is 11.2. The lowest BCUT2D eigenvalue weighted by Crippen LogP contribution is -2.29. The summed E-state index contributed by atoms with van der Waals surface area (Å²) in [6.07, 6.45) is 2.15. The Morgan fingerprint density at radius 1 is 0.947 bits per heavy atom. The second kappa shape index (κ2) is 4.66. The molecular weight excluding hydrogens is 256 g/mol. The fraction of sp³-hybridized carbons (Fsp3) is 0.294. The van der Waals surface area contributed by atoms with Crippen LogP contribution in [0.1, 0.15) is 29.5 Å². The molecule has 3 rings (SSSR count). The standard InChI is InChI=1S/C17H17ClO/c1-12-2-4-13(5-3-12)17(19,14-6-7-14)15-8-10-16(18)11-9-15/h2-5,8-11,14,19H,6-7H2,1H3. The van der Waals surface area contributed by atoms with E-state index in [1.54, 1.807) is 0 Å². The Morgan fingerprint density at radius 2 is 1.42 bits per heavy atom. The van der Waals surface area contributed by atoms with Crippen LogP contribution in [-0.2, 0) is 5.60 Å². The number of hydrogen-bond acceptors (Lipinski definition) is 1. The average Bonchev–Trinajstić information content (AvgIpc) is 3.24. The Bertz CT molecular complexity index is 522. The predicted octanol–water partition coefficient (Wildman–Crippen LogP) is 4.29. The van der Waals surface area contributed by atoms with Crippen LogP contribution < -0.4 is 0 Å². The second-order valence-electron chi connectivity index (χ2n) is 5.41. The van der Waals surface area contributed by atoms with Gasteiger partial charge in [0.25, 0.3) is 0 Å². The largest absolute Gasteiger partial charge is 0.380 e. The highest BCUT2D eigenvalue weighted by atomic mass is 35.5. The summed E-state index contributed by atoms with van der Waals surface area (Å²) < 4.78 is 0. The smallest absolute Gasteiger partial charge is 0.117 e. The molecule has 0 aromatic heterocycles. The molecule has 2 aromatic rings. The first kappa shape index (κ1) is 12.7. The number of rotatable bonds is 3. The summed E-state index contributed by atoms with van der Waals surface area (Å²) in [7, 11) is 0. The average molecular weight is 273 g/mol. The van der Waals surface area contributed by atoms with E-state index < -0.39 is 5.60 Å². The lowest BCUT2D eigenvalue weighted by molar-refractivity contribution is 0.0564. The van der Waals surface area contributed by atoms with Crippen molar-refractivity contribution in [2.75, 3.05) is 0 Å². The zero-order chi connectivity index (χ0) is 13.5. The molecule has 1 aliphatic rings. The summed E-state index contributed by atoms with van der Waals surface area (Å²) >= 11 is 5.94. The Hall–Kier alpha value is -1.31. The van der Waals surface area contributed by atoms with Crippen molar-refractivity contribution in [3.05, 3.63) is 70.2 Å². The molecule has 0 aliphatic heterocycles. The lowest BCUT2D eigenvalue weighted by atomic mass is 9.82. The van der Waals surface area contributed by atoms with E-state index in [1.165, 1.54) is 5.56 Å². The molecule has 1 atom stereocenters. The molecule has 1 fully saturated rings. The van der Waals surface area contributed by atoms with Gasteiger partial charge >= 0.3 is 0 Å². The highest BCUT2D eigenvalue weighted by Gasteiger charge is 2.46. The third-order valence-electron chi connectivity index (χ3n) is 3.94. The van der Waals surface area contributed by atoms with Crippen molar-refractivity contribution in [1.82, 2.24) is 0 Å². The molecule has 1 unspecified atom stereocenters. The van der Waals surface area contributed by atoms with Crippen molar-refractivity contribution >= 4 is 11.6 Å². The van der Waals surface area contributed by atoms with Gasteiger partial charge in [0.05, 0.1) is 0 Å². The summed E-state index contributed by atoms with van der Waals surface area (Å²) in [5.74, 6) is 0.316. The summed E-state index contributed by atoms with van der Waals surface area (Å²) in [6.45, 7) is 2.06. The Balaban J connectivity index is 2.08. The van der Waals surface area contributed by atoms with Crippen LogP contribution in [0.5, 0.6) is 0 Å². The first-order chi connectivity index (χ1) is 9.10. The zero-order valence-corrected chi connectivity index (χ0v) is 11.7. The van der Waals surface area contributed by atoms with Crippen molar-refractivity contribution in [3.8, 4) is 0 Å². The van der Waals surface area contributed by atoms with Gasteiger partial charge < -0.3 is 5.11 Å². The third-order valence-corrected chi connectivity index (χ3v) is 4.20. The summed E-state index contributed by atoms with van der Waals surface area (Å²) in [6, 6.07) is 15.7. The lowest BCUT2D eigenvalue weighted by Gasteiger charge is -2.29. The van der Waals surface area contributed by atoms with Crippen LogP contribution in [0, 0.1) is 12.8 Å². The number of aryl methyl sites for hydroxylation is 1. The molecule has 0 saturated heterocycles. The minimum atomic E-state index is -0.877. The molecule has 2 heteroatoms. The van der Waals surface area contributed by atoms with Crippen molar-refractivity contribution in [1.29, 1.82) is 0 Å². The van der Waals surface area contributed by atoms with Crippen LogP contribution in [0.15, 0.2) is 48.5 Å². The van der Waals surface area contributed by atoms with Crippen molar-refractivity contribution in [2.45, 2.75) is 25.4 Å². The van der Waals surface area contributed by atoms with E-state index in [0.29, 0.717) is 10.9 Å². The topological polar surface area (TPSA) is 20.2 Å². The van der Waals surface area contributed by atoms with Crippen molar-refractivity contribution < 1.29 is 5.11 Å². The number of hydrogen-bond donors (Lipinski definition) is 1. The fourth-order valence-electron chi connectivity index (χ4n) is 2.65. The number of aliphatic hydroxyl groups is 1. The normalized spacial score (nSPS) is 18.1. The van der Waals surface area contributed by atoms with Gasteiger partial charge in [0.2, 0.25) is 0 Å². The van der Waals surface area contributed by atoms with Gasteiger partial charge in [-0.3, -0.25) is 0 Å². The van der Waals surface area contributed by atoms with Gasteiger partial charge in [-0.05, 0) is 48.9 Å². The molecule has 2 aromatic carbocycles. The highest BCUT2D eigenvalue weighted by Crippen LogP contribution is 2.49. The number of halogens is 1. The fourth-order valence-corrected chi connectivity index (χ4v) is 2.78. The SMILES string of the molecule is Cc1ccc(C(O)(c2ccc(Cl)cc2)C2CC2)cc1. The van der Waals surface area contributed by atoms with Crippen molar-refractivity contribution in [3.63, 3.8) is 0 Å². The van der Waals surface area contributed by atoms with E-state index in [9.17, 15) is 5.11 Å². The van der Waals surface area contributed by atoms with Gasteiger partial charge in [-0.15, -0.1) is 0 Å². The molecule has 1 nitrogen and oxygen atoms in total. The maximum atomic E-state index is 11.2. The van der Waals surface area contributed by atoms with Crippen LogP contribution in [0.2, 0.25) is 5.02 Å². The van der Waals surface area contributed by atoms with E-state index in [2.05, 4.69) is 19.1 Å². The molecule has 1 saturated carbocycles. The highest BCUT2D eigenvalue weighted by molar-refractivity contribution is 6.30. The van der Waals surface area contributed by atoms with Gasteiger partial charge in [0.1, 0.15) is 5.60 Å². The molecule has 98 valence electrons. The molecule has 0 amide bonds. The molecule has 0 spiro atoms. The van der Waals surface area contributed by atoms with E-state index in [4.69, 9.17) is 11.6 Å². The van der Waals surface area contributed by atoms with E-state index >= 15 is 0 Å². The van der Waals surface area contributed by atoms with E-state index in [-0.39, 0.29) is 0 Å². The minimum Gasteiger partial charge on any atom is -0.380 e. The minimum absolute atomic E-state index is 0.316. The molecule has 1 N–H and O–H groups in total. The summed E-state index contributed by atoms with van der Waals surface area (Å²) in [5.41, 5.74) is 2.24. The molecule has 1 aliphatic carbocycles. The Morgan fingerprint density at radius 3 is 1.89 bits per heavy atom. The molecule has 0 bridgehead atoms. The first-order valence-corrected chi connectivity index (χ1v) is 7.04. The predicted molar refractivity (Wildman–Crippen MR) is 78.4 cm³/mol. The number of benzene rings is 2.